The predicted octanol–water partition coefficient (Wildman–Crippen LogP) is 10.1. The number of aromatic nitrogens is 4. The van der Waals surface area contributed by atoms with Crippen molar-refractivity contribution < 1.29 is 19.1 Å². The Balaban J connectivity index is 1.28. The lowest BCUT2D eigenvalue weighted by atomic mass is 9.86. The maximum absolute atomic E-state index is 12.8. The van der Waals surface area contributed by atoms with E-state index in [1.807, 2.05) is 47.6 Å². The molecule has 0 fully saturated rings. The average Bonchev–Trinajstić information content (AvgIpc) is 3.64. The first-order chi connectivity index (χ1) is 24.1. The highest BCUT2D eigenvalue weighted by Crippen LogP contribution is 2.40. The molecule has 4 N–H and O–H groups in total. The summed E-state index contributed by atoms with van der Waals surface area (Å²) in [6.45, 7) is 23.6. The van der Waals surface area contributed by atoms with E-state index in [9.17, 15) is 9.59 Å². The summed E-state index contributed by atoms with van der Waals surface area (Å²) in [6.07, 6.45) is 0.750. The van der Waals surface area contributed by atoms with E-state index in [0.717, 1.165) is 68.6 Å². The number of hydrogen-bond acceptors (Lipinski definition) is 6. The topological polar surface area (TPSA) is 134 Å². The van der Waals surface area contributed by atoms with E-state index in [0.29, 0.717) is 5.82 Å². The van der Waals surface area contributed by atoms with Crippen LogP contribution in [0.15, 0.2) is 48.5 Å². The van der Waals surface area contributed by atoms with Crippen molar-refractivity contribution in [2.24, 2.45) is 10.8 Å². The van der Waals surface area contributed by atoms with E-state index < -0.39 is 23.4 Å². The number of H-pyrrole nitrogens is 2. The second-order valence-electron chi connectivity index (χ2n) is 18.2. The van der Waals surface area contributed by atoms with Gasteiger partial charge >= 0.3 is 12.2 Å². The minimum absolute atomic E-state index is 0.297. The number of amides is 2. The maximum atomic E-state index is 12.8. The fourth-order valence-electron chi connectivity index (χ4n) is 6.83. The van der Waals surface area contributed by atoms with Crippen molar-refractivity contribution in [1.82, 2.24) is 30.6 Å². The van der Waals surface area contributed by atoms with Gasteiger partial charge in [0.05, 0.1) is 34.5 Å². The summed E-state index contributed by atoms with van der Waals surface area (Å²) in [4.78, 5) is 42.6. The van der Waals surface area contributed by atoms with Crippen LogP contribution in [0.3, 0.4) is 0 Å². The van der Waals surface area contributed by atoms with Gasteiger partial charge in [-0.1, -0.05) is 77.9 Å². The molecule has 0 aliphatic heterocycles. The zero-order chi connectivity index (χ0) is 38.0. The van der Waals surface area contributed by atoms with Gasteiger partial charge in [-0.05, 0) is 99.4 Å². The number of rotatable bonds is 5. The van der Waals surface area contributed by atoms with E-state index in [-0.39, 0.29) is 22.9 Å². The highest BCUT2D eigenvalue weighted by Gasteiger charge is 2.35. The van der Waals surface area contributed by atoms with Crippen LogP contribution in [0.5, 0.6) is 0 Å². The number of aromatic amines is 2. The molecule has 0 spiro atoms. The van der Waals surface area contributed by atoms with E-state index >= 15 is 0 Å². The van der Waals surface area contributed by atoms with Crippen LogP contribution >= 0.6 is 0 Å². The van der Waals surface area contributed by atoms with Crippen LogP contribution in [0.2, 0.25) is 0 Å². The lowest BCUT2D eigenvalue weighted by Crippen LogP contribution is -2.40. The minimum atomic E-state index is -0.601. The van der Waals surface area contributed by atoms with Gasteiger partial charge in [0.25, 0.3) is 0 Å². The molecule has 2 heterocycles. The second kappa shape index (κ2) is 13.0. The van der Waals surface area contributed by atoms with Gasteiger partial charge < -0.3 is 30.1 Å². The van der Waals surface area contributed by atoms with Crippen molar-refractivity contribution in [2.45, 2.75) is 119 Å². The van der Waals surface area contributed by atoms with Gasteiger partial charge in [-0.2, -0.15) is 0 Å². The van der Waals surface area contributed by atoms with Crippen molar-refractivity contribution in [1.29, 1.82) is 0 Å². The normalized spacial score (nSPS) is 14.8. The number of aryl methyl sites for hydroxylation is 2. The molecular weight excluding hydrogens is 652 g/mol. The molecule has 0 saturated carbocycles. The van der Waals surface area contributed by atoms with Crippen molar-refractivity contribution in [3.63, 3.8) is 0 Å². The zero-order valence-electron chi connectivity index (χ0n) is 32.7. The van der Waals surface area contributed by atoms with Crippen LogP contribution in [0, 0.1) is 10.8 Å². The lowest BCUT2D eigenvalue weighted by Gasteiger charge is -2.31. The first kappa shape index (κ1) is 36.9. The third-order valence-corrected chi connectivity index (χ3v) is 9.23. The van der Waals surface area contributed by atoms with E-state index in [4.69, 9.17) is 19.4 Å². The third kappa shape index (κ3) is 7.96. The van der Waals surface area contributed by atoms with Gasteiger partial charge in [0.1, 0.15) is 22.9 Å². The summed E-state index contributed by atoms with van der Waals surface area (Å²) in [5.74, 6) is 1.42. The Morgan fingerprint density at radius 1 is 0.673 bits per heavy atom. The number of carbonyl (C=O) groups excluding carboxylic acids is 2. The number of imidazole rings is 2. The number of nitrogens with one attached hydrogen (secondary N) is 4. The van der Waals surface area contributed by atoms with Crippen LogP contribution < -0.4 is 10.6 Å². The monoisotopic (exact) mass is 706 g/mol. The lowest BCUT2D eigenvalue weighted by molar-refractivity contribution is 0.0448. The molecule has 6 rings (SSSR count). The van der Waals surface area contributed by atoms with E-state index in [2.05, 4.69) is 105 Å². The molecule has 1 aliphatic rings. The quantitative estimate of drug-likeness (QED) is 0.144. The zero-order valence-corrected chi connectivity index (χ0v) is 32.7. The standard InChI is InChI=1S/C42H54N6O4/c1-39(2,3)33(47-37(49)51-41(7,8)9)35-43-29-19-15-25-21-23(13-17-27(25)31(29)45-35)24-14-18-28-26(22-24)16-20-30-32(28)46-36(44-30)34(40(4,5)6)48-38(50)52-42(10,11)12/h13-15,17-19,21-22,33-34H,16,20H2,1-12H3,(H,43,45)(H,44,46)(H,47,49)(H,48,50)/t33-,34-/m1/s1. The van der Waals surface area contributed by atoms with E-state index in [1.54, 1.807) is 0 Å². The number of ether oxygens (including phenoxy) is 2. The minimum Gasteiger partial charge on any atom is -0.444 e. The molecule has 1 aliphatic carbocycles. The molecule has 0 radical (unpaired) electrons. The summed E-state index contributed by atoms with van der Waals surface area (Å²) in [6, 6.07) is 16.5. The number of hydrogen-bond donors (Lipinski definition) is 4. The van der Waals surface area contributed by atoms with Crippen LogP contribution in [0.25, 0.3) is 44.2 Å². The van der Waals surface area contributed by atoms with Gasteiger partial charge in [-0.3, -0.25) is 0 Å². The maximum Gasteiger partial charge on any atom is 0.408 e. The number of fused-ring (bicyclic) bond motifs is 6. The fraction of sp³-hybridized carbons (Fsp3) is 0.476. The Hall–Kier alpha value is -4.86. The molecular formula is C42H54N6O4. The number of nitrogens with zero attached hydrogens (tertiary/aromatic N) is 2. The van der Waals surface area contributed by atoms with Crippen LogP contribution in [-0.4, -0.2) is 43.3 Å². The summed E-state index contributed by atoms with van der Waals surface area (Å²) in [5.41, 5.74) is 6.64. The molecule has 0 unspecified atom stereocenters. The van der Waals surface area contributed by atoms with Crippen molar-refractivity contribution in [3.8, 4) is 22.4 Å². The molecule has 2 aromatic heterocycles. The number of benzene rings is 3. The summed E-state index contributed by atoms with van der Waals surface area (Å²) >= 11 is 0. The number of alkyl carbamates (subject to hydrolysis) is 2. The molecule has 2 atom stereocenters. The van der Waals surface area contributed by atoms with Crippen LogP contribution in [-0.2, 0) is 22.3 Å². The van der Waals surface area contributed by atoms with Gasteiger partial charge in [0, 0.05) is 10.9 Å². The van der Waals surface area contributed by atoms with Gasteiger partial charge in [0.15, 0.2) is 0 Å². The van der Waals surface area contributed by atoms with Crippen LogP contribution in [0.1, 0.15) is 118 Å². The summed E-state index contributed by atoms with van der Waals surface area (Å²) in [7, 11) is 0. The average molecular weight is 707 g/mol. The molecule has 3 aromatic carbocycles. The van der Waals surface area contributed by atoms with E-state index in [1.165, 1.54) is 5.56 Å². The summed E-state index contributed by atoms with van der Waals surface area (Å²) < 4.78 is 11.1. The molecule has 5 aromatic rings. The first-order valence-corrected chi connectivity index (χ1v) is 18.2. The summed E-state index contributed by atoms with van der Waals surface area (Å²) in [5, 5.41) is 8.26. The second-order valence-corrected chi connectivity index (χ2v) is 18.2. The molecule has 276 valence electrons. The molecule has 0 bridgehead atoms. The Kier molecular flexibility index (Phi) is 9.21. The van der Waals surface area contributed by atoms with Gasteiger partial charge in [0.2, 0.25) is 0 Å². The Labute approximate surface area is 306 Å². The van der Waals surface area contributed by atoms with Gasteiger partial charge in [-0.15, -0.1) is 0 Å². The Bertz CT molecular complexity index is 2150. The smallest absolute Gasteiger partial charge is 0.408 e. The molecule has 10 heteroatoms. The first-order valence-electron chi connectivity index (χ1n) is 18.2. The van der Waals surface area contributed by atoms with Gasteiger partial charge in [-0.25, -0.2) is 19.6 Å². The fourth-order valence-corrected chi connectivity index (χ4v) is 6.83. The molecule has 10 nitrogen and oxygen atoms in total. The highest BCUT2D eigenvalue weighted by atomic mass is 16.6. The largest absolute Gasteiger partial charge is 0.444 e. The Morgan fingerprint density at radius 2 is 1.23 bits per heavy atom. The molecule has 52 heavy (non-hydrogen) atoms. The van der Waals surface area contributed by atoms with Crippen molar-refractivity contribution in [3.05, 3.63) is 71.4 Å². The third-order valence-electron chi connectivity index (χ3n) is 9.23. The highest BCUT2D eigenvalue weighted by molar-refractivity contribution is 6.05. The predicted molar refractivity (Wildman–Crippen MR) is 207 cm³/mol. The van der Waals surface area contributed by atoms with Crippen molar-refractivity contribution in [2.75, 3.05) is 0 Å². The molecule has 2 amide bonds. The molecule has 0 saturated heterocycles. The Morgan fingerprint density at radius 3 is 1.81 bits per heavy atom. The SMILES string of the molecule is CC(C)(C)OC(=O)N[C@H](c1nc2c([nH]1)-c1ccc(-c3ccc4c(ccc5nc([C@@H](NC(=O)OC(C)(C)C)C(C)(C)C)[nH]c54)c3)cc1CC2)C(C)(C)C. The van der Waals surface area contributed by atoms with Crippen LogP contribution in [0.4, 0.5) is 9.59 Å². The van der Waals surface area contributed by atoms with Crippen molar-refractivity contribution >= 4 is 34.0 Å². The number of carbonyl (C=O) groups is 2.